The summed E-state index contributed by atoms with van der Waals surface area (Å²) in [5.74, 6) is 0. The number of aromatic nitrogens is 1. The zero-order valence-electron chi connectivity index (χ0n) is 5.27. The molecule has 0 radical (unpaired) electrons. The molecule has 0 spiro atoms. The number of pyridine rings is 1. The summed E-state index contributed by atoms with van der Waals surface area (Å²) in [7, 11) is 0. The summed E-state index contributed by atoms with van der Waals surface area (Å²) in [5, 5.41) is 0.0550. The molecule has 0 fully saturated rings. The van der Waals surface area contributed by atoms with Crippen molar-refractivity contribution in [1.29, 1.82) is 0 Å². The van der Waals surface area contributed by atoms with Crippen molar-refractivity contribution < 1.29 is 8.78 Å². The average Bonchev–Trinajstić information content (AvgIpc) is 1.85. The zero-order chi connectivity index (χ0) is 8.43. The number of halogens is 3. The van der Waals surface area contributed by atoms with E-state index in [9.17, 15) is 13.6 Å². The van der Waals surface area contributed by atoms with Gasteiger partial charge >= 0.3 is 0 Å². The van der Waals surface area contributed by atoms with Crippen LogP contribution in [0.2, 0.25) is 5.15 Å². The molecule has 0 unspecified atom stereocenters. The van der Waals surface area contributed by atoms with Gasteiger partial charge in [-0.1, -0.05) is 11.6 Å². The summed E-state index contributed by atoms with van der Waals surface area (Å²) < 4.78 is 23.8. The van der Waals surface area contributed by atoms with Crippen LogP contribution in [0, 0.1) is 0 Å². The Morgan fingerprint density at radius 3 is 2.55 bits per heavy atom. The van der Waals surface area contributed by atoms with Crippen molar-refractivity contribution in [3.05, 3.63) is 33.2 Å². The predicted molar refractivity (Wildman–Crippen MR) is 37.0 cm³/mol. The number of hydrogen-bond acceptors (Lipinski definition) is 1. The first-order chi connectivity index (χ1) is 5.11. The maximum absolute atomic E-state index is 11.9. The summed E-state index contributed by atoms with van der Waals surface area (Å²) in [6.45, 7) is 0. The molecule has 0 aromatic carbocycles. The number of aromatic amines is 1. The number of alkyl halides is 2. The fourth-order valence-corrected chi connectivity index (χ4v) is 0.782. The Balaban J connectivity index is 3.21. The van der Waals surface area contributed by atoms with Crippen LogP contribution in [-0.2, 0) is 0 Å². The molecule has 0 atom stereocenters. The fourth-order valence-electron chi connectivity index (χ4n) is 0.633. The van der Waals surface area contributed by atoms with Crippen LogP contribution in [-0.4, -0.2) is 4.98 Å². The van der Waals surface area contributed by atoms with Crippen molar-refractivity contribution >= 4 is 11.6 Å². The Hall–Kier alpha value is -0.900. The molecular formula is C6H4ClF2NO. The van der Waals surface area contributed by atoms with E-state index in [0.29, 0.717) is 0 Å². The fraction of sp³-hybridized carbons (Fsp3) is 0.167. The van der Waals surface area contributed by atoms with Crippen LogP contribution >= 0.6 is 11.6 Å². The third kappa shape index (κ3) is 1.77. The van der Waals surface area contributed by atoms with Crippen LogP contribution in [0.3, 0.4) is 0 Å². The van der Waals surface area contributed by atoms with E-state index in [-0.39, 0.29) is 5.15 Å². The average molecular weight is 180 g/mol. The monoisotopic (exact) mass is 179 g/mol. The maximum Gasteiger partial charge on any atom is 0.269 e. The molecule has 0 saturated heterocycles. The normalized spacial score (nSPS) is 10.5. The minimum atomic E-state index is -2.75. The van der Waals surface area contributed by atoms with Crippen molar-refractivity contribution in [1.82, 2.24) is 4.98 Å². The Morgan fingerprint density at radius 2 is 2.09 bits per heavy atom. The smallest absolute Gasteiger partial charge is 0.269 e. The van der Waals surface area contributed by atoms with Crippen LogP contribution in [0.25, 0.3) is 0 Å². The van der Waals surface area contributed by atoms with Crippen molar-refractivity contribution in [2.24, 2.45) is 0 Å². The number of nitrogens with one attached hydrogen (secondary N) is 1. The van der Waals surface area contributed by atoms with Gasteiger partial charge < -0.3 is 4.98 Å². The van der Waals surface area contributed by atoms with E-state index in [0.717, 1.165) is 6.07 Å². The molecule has 1 aromatic rings. The number of hydrogen-bond donors (Lipinski definition) is 1. The second-order valence-electron chi connectivity index (χ2n) is 1.89. The highest BCUT2D eigenvalue weighted by atomic mass is 35.5. The molecule has 0 bridgehead atoms. The molecular weight excluding hydrogens is 176 g/mol. The molecule has 0 amide bonds. The Morgan fingerprint density at radius 1 is 1.45 bits per heavy atom. The van der Waals surface area contributed by atoms with Crippen molar-refractivity contribution in [3.8, 4) is 0 Å². The molecule has 1 rings (SSSR count). The largest absolute Gasteiger partial charge is 0.313 e. The van der Waals surface area contributed by atoms with Crippen LogP contribution in [0.1, 0.15) is 12.0 Å². The van der Waals surface area contributed by atoms with E-state index >= 15 is 0 Å². The molecule has 0 saturated carbocycles. The van der Waals surface area contributed by atoms with Gasteiger partial charge in [-0.05, 0) is 12.1 Å². The molecule has 1 N–H and O–H groups in total. The Kier molecular flexibility index (Phi) is 2.24. The van der Waals surface area contributed by atoms with E-state index < -0.39 is 17.5 Å². The second kappa shape index (κ2) is 3.00. The maximum atomic E-state index is 11.9. The minimum Gasteiger partial charge on any atom is -0.313 e. The van der Waals surface area contributed by atoms with Gasteiger partial charge in [-0.2, -0.15) is 0 Å². The topological polar surface area (TPSA) is 32.9 Å². The van der Waals surface area contributed by atoms with E-state index in [4.69, 9.17) is 11.6 Å². The molecule has 2 nitrogen and oxygen atoms in total. The van der Waals surface area contributed by atoms with Gasteiger partial charge in [0, 0.05) is 0 Å². The van der Waals surface area contributed by atoms with Gasteiger partial charge in [-0.25, -0.2) is 8.78 Å². The van der Waals surface area contributed by atoms with Gasteiger partial charge in [0.2, 0.25) is 0 Å². The molecule has 1 aromatic heterocycles. The third-order valence-corrected chi connectivity index (χ3v) is 1.36. The van der Waals surface area contributed by atoms with Gasteiger partial charge in [-0.3, -0.25) is 4.79 Å². The van der Waals surface area contributed by atoms with Gasteiger partial charge in [0.1, 0.15) is 5.15 Å². The Labute approximate surface area is 65.8 Å². The van der Waals surface area contributed by atoms with E-state index in [1.54, 1.807) is 0 Å². The van der Waals surface area contributed by atoms with Crippen LogP contribution in [0.4, 0.5) is 8.78 Å². The lowest BCUT2D eigenvalue weighted by atomic mass is 10.3. The van der Waals surface area contributed by atoms with Crippen LogP contribution in [0.5, 0.6) is 0 Å². The molecule has 0 aliphatic heterocycles. The van der Waals surface area contributed by atoms with Gasteiger partial charge in [-0.15, -0.1) is 0 Å². The first-order valence-corrected chi connectivity index (χ1v) is 3.16. The highest BCUT2D eigenvalue weighted by molar-refractivity contribution is 6.29. The summed E-state index contributed by atoms with van der Waals surface area (Å²) in [6.07, 6.45) is -2.75. The summed E-state index contributed by atoms with van der Waals surface area (Å²) in [5.41, 5.74) is -1.40. The van der Waals surface area contributed by atoms with Crippen molar-refractivity contribution in [3.63, 3.8) is 0 Å². The first-order valence-electron chi connectivity index (χ1n) is 2.78. The zero-order valence-corrected chi connectivity index (χ0v) is 6.03. The predicted octanol–water partition coefficient (Wildman–Crippen LogP) is 1.97. The highest BCUT2D eigenvalue weighted by Gasteiger charge is 2.10. The summed E-state index contributed by atoms with van der Waals surface area (Å²) in [4.78, 5) is 12.7. The first kappa shape index (κ1) is 8.20. The van der Waals surface area contributed by atoms with E-state index in [1.165, 1.54) is 6.07 Å². The van der Waals surface area contributed by atoms with Gasteiger partial charge in [0.05, 0.1) is 5.56 Å². The van der Waals surface area contributed by atoms with Gasteiger partial charge in [0.25, 0.3) is 12.0 Å². The van der Waals surface area contributed by atoms with Gasteiger partial charge in [0.15, 0.2) is 0 Å². The lowest BCUT2D eigenvalue weighted by Crippen LogP contribution is -2.11. The third-order valence-electron chi connectivity index (χ3n) is 1.14. The van der Waals surface area contributed by atoms with Crippen molar-refractivity contribution in [2.45, 2.75) is 6.43 Å². The van der Waals surface area contributed by atoms with E-state index in [1.807, 2.05) is 4.98 Å². The molecule has 0 aliphatic carbocycles. The quantitative estimate of drug-likeness (QED) is 0.657. The number of H-pyrrole nitrogens is 1. The van der Waals surface area contributed by atoms with E-state index in [2.05, 4.69) is 0 Å². The molecule has 1 heterocycles. The second-order valence-corrected chi connectivity index (χ2v) is 2.30. The lowest BCUT2D eigenvalue weighted by molar-refractivity contribution is 0.149. The molecule has 0 aliphatic rings. The lowest BCUT2D eigenvalue weighted by Gasteiger charge is -1.96. The summed E-state index contributed by atoms with van der Waals surface area (Å²) >= 11 is 5.32. The van der Waals surface area contributed by atoms with Crippen LogP contribution < -0.4 is 5.56 Å². The highest BCUT2D eigenvalue weighted by Crippen LogP contribution is 2.14. The van der Waals surface area contributed by atoms with Crippen LogP contribution in [0.15, 0.2) is 16.9 Å². The van der Waals surface area contributed by atoms with Crippen molar-refractivity contribution in [2.75, 3.05) is 0 Å². The number of rotatable bonds is 1. The summed E-state index contributed by atoms with van der Waals surface area (Å²) in [6, 6.07) is 2.22. The SMILES string of the molecule is O=c1[nH]c(Cl)ccc1C(F)F. The molecule has 5 heteroatoms. The standard InChI is InChI=1S/C6H4ClF2NO/c7-4-2-1-3(5(8)9)6(11)10-4/h1-2,5H,(H,10,11). The minimum absolute atomic E-state index is 0.0550. The molecule has 60 valence electrons. The Bertz CT molecular complexity index is 310. The molecule has 11 heavy (non-hydrogen) atoms.